The van der Waals surface area contributed by atoms with Crippen molar-refractivity contribution in [2.24, 2.45) is 0 Å². The highest BCUT2D eigenvalue weighted by Crippen LogP contribution is 2.32. The summed E-state index contributed by atoms with van der Waals surface area (Å²) < 4.78 is 0. The molecular formula is C15H15ClN2O2. The molecule has 5 heteroatoms. The minimum absolute atomic E-state index is 0.0839. The molecule has 0 spiro atoms. The van der Waals surface area contributed by atoms with Crippen molar-refractivity contribution in [1.82, 2.24) is 0 Å². The number of nitrogens with one attached hydrogen (secondary N) is 1. The van der Waals surface area contributed by atoms with Gasteiger partial charge < -0.3 is 5.32 Å². The zero-order chi connectivity index (χ0) is 14.5. The van der Waals surface area contributed by atoms with Crippen LogP contribution in [0.1, 0.15) is 18.1 Å². The first-order chi connectivity index (χ1) is 9.61. The normalized spacial score (nSPS) is 10.3. The summed E-state index contributed by atoms with van der Waals surface area (Å²) in [5.74, 6) is 0. The van der Waals surface area contributed by atoms with Gasteiger partial charge in [-0.15, -0.1) is 0 Å². The Morgan fingerprint density at radius 3 is 2.40 bits per heavy atom. The average Bonchev–Trinajstić information content (AvgIpc) is 2.45. The molecule has 0 aliphatic heterocycles. The third-order valence-electron chi connectivity index (χ3n) is 3.08. The summed E-state index contributed by atoms with van der Waals surface area (Å²) in [7, 11) is 0. The number of benzene rings is 2. The SMILES string of the molecule is CCc1ccc(CNc2cccc(Cl)c2[N+](=O)[O-])cc1. The van der Waals surface area contributed by atoms with Gasteiger partial charge in [0.05, 0.1) is 4.92 Å². The van der Waals surface area contributed by atoms with E-state index in [0.717, 1.165) is 12.0 Å². The third kappa shape index (κ3) is 3.27. The Morgan fingerprint density at radius 1 is 1.15 bits per heavy atom. The Hall–Kier alpha value is -2.07. The van der Waals surface area contributed by atoms with Gasteiger partial charge in [-0.1, -0.05) is 48.9 Å². The second-order valence-corrected chi connectivity index (χ2v) is 4.82. The monoisotopic (exact) mass is 290 g/mol. The van der Waals surface area contributed by atoms with Crippen LogP contribution in [0.4, 0.5) is 11.4 Å². The zero-order valence-electron chi connectivity index (χ0n) is 11.1. The molecule has 2 rings (SSSR count). The largest absolute Gasteiger partial charge is 0.375 e. The second kappa shape index (κ2) is 6.39. The predicted molar refractivity (Wildman–Crippen MR) is 81.3 cm³/mol. The van der Waals surface area contributed by atoms with Crippen LogP contribution in [0.2, 0.25) is 5.02 Å². The van der Waals surface area contributed by atoms with Gasteiger partial charge in [-0.3, -0.25) is 10.1 Å². The lowest BCUT2D eigenvalue weighted by molar-refractivity contribution is -0.383. The summed E-state index contributed by atoms with van der Waals surface area (Å²) in [5, 5.41) is 14.2. The van der Waals surface area contributed by atoms with E-state index in [1.807, 2.05) is 12.1 Å². The first-order valence-corrected chi connectivity index (χ1v) is 6.74. The van der Waals surface area contributed by atoms with E-state index in [1.54, 1.807) is 12.1 Å². The molecule has 0 atom stereocenters. The Labute approximate surface area is 122 Å². The van der Waals surface area contributed by atoms with Crippen LogP contribution in [-0.2, 0) is 13.0 Å². The van der Waals surface area contributed by atoms with Gasteiger partial charge in [-0.2, -0.15) is 0 Å². The van der Waals surface area contributed by atoms with Crippen molar-refractivity contribution < 1.29 is 4.92 Å². The molecule has 4 nitrogen and oxygen atoms in total. The fraction of sp³-hybridized carbons (Fsp3) is 0.200. The van der Waals surface area contributed by atoms with Crippen LogP contribution in [-0.4, -0.2) is 4.92 Å². The molecule has 0 aliphatic rings. The van der Waals surface area contributed by atoms with Crippen LogP contribution in [0.3, 0.4) is 0 Å². The molecule has 2 aromatic carbocycles. The van der Waals surface area contributed by atoms with E-state index < -0.39 is 4.92 Å². The van der Waals surface area contributed by atoms with Crippen LogP contribution >= 0.6 is 11.6 Å². The predicted octanol–water partition coefficient (Wildman–Crippen LogP) is 4.42. The van der Waals surface area contributed by atoms with Crippen molar-refractivity contribution in [3.05, 3.63) is 68.7 Å². The Balaban J connectivity index is 2.14. The zero-order valence-corrected chi connectivity index (χ0v) is 11.9. The third-order valence-corrected chi connectivity index (χ3v) is 3.39. The first kappa shape index (κ1) is 14.3. The lowest BCUT2D eigenvalue weighted by Gasteiger charge is -2.08. The van der Waals surface area contributed by atoms with Gasteiger partial charge in [0.1, 0.15) is 10.7 Å². The Kier molecular flexibility index (Phi) is 4.58. The van der Waals surface area contributed by atoms with E-state index in [0.29, 0.717) is 12.2 Å². The summed E-state index contributed by atoms with van der Waals surface area (Å²) in [6.45, 7) is 2.62. The Morgan fingerprint density at radius 2 is 1.80 bits per heavy atom. The molecule has 2 aromatic rings. The van der Waals surface area contributed by atoms with Crippen molar-refractivity contribution in [2.75, 3.05) is 5.32 Å². The number of aryl methyl sites for hydroxylation is 1. The summed E-state index contributed by atoms with van der Waals surface area (Å²) in [4.78, 5) is 10.6. The lowest BCUT2D eigenvalue weighted by atomic mass is 10.1. The van der Waals surface area contributed by atoms with E-state index >= 15 is 0 Å². The highest BCUT2D eigenvalue weighted by atomic mass is 35.5. The number of halogens is 1. The highest BCUT2D eigenvalue weighted by molar-refractivity contribution is 6.33. The number of anilines is 1. The molecule has 0 radical (unpaired) electrons. The van der Waals surface area contributed by atoms with Gasteiger partial charge in [0.25, 0.3) is 0 Å². The highest BCUT2D eigenvalue weighted by Gasteiger charge is 2.17. The van der Waals surface area contributed by atoms with Gasteiger partial charge in [0, 0.05) is 6.54 Å². The molecule has 0 bridgehead atoms. The maximum absolute atomic E-state index is 11.0. The smallest absolute Gasteiger partial charge is 0.310 e. The van der Waals surface area contributed by atoms with Gasteiger partial charge in [-0.05, 0) is 29.7 Å². The number of hydrogen-bond acceptors (Lipinski definition) is 3. The van der Waals surface area contributed by atoms with Gasteiger partial charge in [0.15, 0.2) is 0 Å². The number of nitro benzene ring substituents is 1. The van der Waals surface area contributed by atoms with Crippen LogP contribution < -0.4 is 5.32 Å². The van der Waals surface area contributed by atoms with Crippen molar-refractivity contribution >= 4 is 23.0 Å². The van der Waals surface area contributed by atoms with E-state index in [4.69, 9.17) is 11.6 Å². The molecule has 0 aliphatic carbocycles. The van der Waals surface area contributed by atoms with Crippen molar-refractivity contribution in [3.8, 4) is 0 Å². The molecule has 0 fully saturated rings. The molecule has 0 heterocycles. The van der Waals surface area contributed by atoms with Crippen LogP contribution in [0.5, 0.6) is 0 Å². The maximum Gasteiger partial charge on any atom is 0.310 e. The molecule has 0 saturated carbocycles. The molecule has 0 aromatic heterocycles. The van der Waals surface area contributed by atoms with Crippen molar-refractivity contribution in [1.29, 1.82) is 0 Å². The van der Waals surface area contributed by atoms with Crippen molar-refractivity contribution in [2.45, 2.75) is 19.9 Å². The topological polar surface area (TPSA) is 55.2 Å². The summed E-state index contributed by atoms with van der Waals surface area (Å²) in [6, 6.07) is 13.0. The standard InChI is InChI=1S/C15H15ClN2O2/c1-2-11-6-8-12(9-7-11)10-17-14-5-3-4-13(16)15(14)18(19)20/h3-9,17H,2,10H2,1H3. The van der Waals surface area contributed by atoms with Gasteiger partial charge in [0.2, 0.25) is 0 Å². The summed E-state index contributed by atoms with van der Waals surface area (Å²) >= 11 is 5.86. The second-order valence-electron chi connectivity index (χ2n) is 4.42. The van der Waals surface area contributed by atoms with Gasteiger partial charge in [-0.25, -0.2) is 0 Å². The first-order valence-electron chi connectivity index (χ1n) is 6.36. The van der Waals surface area contributed by atoms with Crippen LogP contribution in [0.15, 0.2) is 42.5 Å². The molecular weight excluding hydrogens is 276 g/mol. The average molecular weight is 291 g/mol. The number of para-hydroxylation sites is 1. The minimum atomic E-state index is -0.467. The summed E-state index contributed by atoms with van der Waals surface area (Å²) in [5.41, 5.74) is 2.68. The van der Waals surface area contributed by atoms with E-state index in [9.17, 15) is 10.1 Å². The number of nitro groups is 1. The number of nitrogens with zero attached hydrogens (tertiary/aromatic N) is 1. The molecule has 0 saturated heterocycles. The minimum Gasteiger partial charge on any atom is -0.375 e. The lowest BCUT2D eigenvalue weighted by Crippen LogP contribution is -2.03. The van der Waals surface area contributed by atoms with Crippen LogP contribution in [0.25, 0.3) is 0 Å². The number of hydrogen-bond donors (Lipinski definition) is 1. The molecule has 1 N–H and O–H groups in total. The van der Waals surface area contributed by atoms with Gasteiger partial charge >= 0.3 is 5.69 Å². The van der Waals surface area contributed by atoms with Crippen LogP contribution in [0, 0.1) is 10.1 Å². The van der Waals surface area contributed by atoms with E-state index in [1.165, 1.54) is 11.6 Å². The fourth-order valence-electron chi connectivity index (χ4n) is 1.93. The van der Waals surface area contributed by atoms with E-state index in [2.05, 4.69) is 24.4 Å². The maximum atomic E-state index is 11.0. The molecule has 0 amide bonds. The quantitative estimate of drug-likeness (QED) is 0.655. The molecule has 0 unspecified atom stereocenters. The summed E-state index contributed by atoms with van der Waals surface area (Å²) in [6.07, 6.45) is 0.994. The fourth-order valence-corrected chi connectivity index (χ4v) is 2.18. The molecule has 20 heavy (non-hydrogen) atoms. The van der Waals surface area contributed by atoms with E-state index in [-0.39, 0.29) is 10.7 Å². The Bertz CT molecular complexity index is 612. The number of rotatable bonds is 5. The van der Waals surface area contributed by atoms with Crippen molar-refractivity contribution in [3.63, 3.8) is 0 Å². The molecule has 104 valence electrons.